The molecule has 0 spiro atoms. The number of pyridine rings is 1. The molecular weight excluding hydrogens is 334 g/mol. The molecule has 1 aromatic carbocycles. The molecule has 0 aliphatic carbocycles. The van der Waals surface area contributed by atoms with E-state index in [1.165, 1.54) is 4.98 Å². The highest BCUT2D eigenvalue weighted by atomic mass is 32.5. The van der Waals surface area contributed by atoms with Crippen molar-refractivity contribution in [3.05, 3.63) is 40.2 Å². The topological polar surface area (TPSA) is 32.9 Å². The van der Waals surface area contributed by atoms with E-state index in [1.807, 2.05) is 0 Å². The fourth-order valence-electron chi connectivity index (χ4n) is 1.72. The summed E-state index contributed by atoms with van der Waals surface area (Å²) in [4.78, 5) is 10.1. The molecule has 0 saturated carbocycles. The molecule has 0 saturated heterocycles. The van der Waals surface area contributed by atoms with Gasteiger partial charge in [0.05, 0.1) is 5.52 Å². The van der Waals surface area contributed by atoms with Gasteiger partial charge in [-0.2, -0.15) is 13.2 Å². The number of rotatable bonds is 1. The maximum Gasteiger partial charge on any atom is 0.431 e. The van der Waals surface area contributed by atoms with Crippen LogP contribution in [0, 0.1) is 0 Å². The van der Waals surface area contributed by atoms with Crippen molar-refractivity contribution in [1.29, 1.82) is 0 Å². The lowest BCUT2D eigenvalue weighted by Gasteiger charge is -2.40. The Bertz CT molecular complexity index is 789. The van der Waals surface area contributed by atoms with Crippen molar-refractivity contribution in [3.8, 4) is 0 Å². The highest BCUT2D eigenvalue weighted by molar-refractivity contribution is 8.46. The lowest BCUT2D eigenvalue weighted by atomic mass is 10.2. The normalized spacial score (nSPS) is 16.6. The molecule has 1 N–H and O–H groups in total. The predicted molar refractivity (Wildman–Crippen MR) is 61.0 cm³/mol. The third-order valence-electron chi connectivity index (χ3n) is 2.55. The molecule has 21 heavy (non-hydrogen) atoms. The van der Waals surface area contributed by atoms with Crippen LogP contribution in [0.1, 0.15) is 5.69 Å². The van der Waals surface area contributed by atoms with Gasteiger partial charge in [-0.05, 0) is 12.1 Å². The van der Waals surface area contributed by atoms with E-state index in [0.717, 1.165) is 6.07 Å². The van der Waals surface area contributed by atoms with Gasteiger partial charge in [0.2, 0.25) is 0 Å². The van der Waals surface area contributed by atoms with E-state index < -0.39 is 43.3 Å². The molecule has 1 aromatic heterocycles. The van der Waals surface area contributed by atoms with Gasteiger partial charge in [0.25, 0.3) is 0 Å². The van der Waals surface area contributed by atoms with Crippen LogP contribution in [0.15, 0.2) is 34.0 Å². The van der Waals surface area contributed by atoms with Crippen LogP contribution in [0.2, 0.25) is 0 Å². The van der Waals surface area contributed by atoms with Crippen molar-refractivity contribution in [2.24, 2.45) is 0 Å². The van der Waals surface area contributed by atoms with Gasteiger partial charge >= 0.3 is 16.4 Å². The SMILES string of the molecule is O=c1cc(C(F)(F)F)[nH]c2c(S(F)(F)(F)(F)F)cccc12. The number of benzene rings is 1. The van der Waals surface area contributed by atoms with Crippen LogP contribution in [0.25, 0.3) is 10.9 Å². The highest BCUT2D eigenvalue weighted by Gasteiger charge is 2.66. The average molecular weight is 339 g/mol. The standard InChI is InChI=1S/C10H5F8NOS/c11-10(12,13)8-4-6(20)5-2-1-3-7(9(5)19-8)21(14,15,16,17)18/h1-4H,(H,19,20). The van der Waals surface area contributed by atoms with Crippen molar-refractivity contribution >= 4 is 21.1 Å². The molecule has 2 rings (SSSR count). The van der Waals surface area contributed by atoms with Gasteiger partial charge in [0.1, 0.15) is 10.6 Å². The maximum absolute atomic E-state index is 12.8. The number of nitrogens with one attached hydrogen (secondary N) is 1. The molecule has 0 aliphatic rings. The zero-order chi connectivity index (χ0) is 16.3. The first-order valence-electron chi connectivity index (χ1n) is 5.07. The Morgan fingerprint density at radius 1 is 1.00 bits per heavy atom. The predicted octanol–water partition coefficient (Wildman–Crippen LogP) is 5.20. The molecular formula is C10H5F8NOS. The smallest absolute Gasteiger partial charge is 0.350 e. The Morgan fingerprint density at radius 3 is 2.05 bits per heavy atom. The molecule has 2 nitrogen and oxygen atoms in total. The third kappa shape index (κ3) is 2.96. The van der Waals surface area contributed by atoms with Gasteiger partial charge in [-0.3, -0.25) is 4.79 Å². The summed E-state index contributed by atoms with van der Waals surface area (Å²) >= 11 is 0. The van der Waals surface area contributed by atoms with Crippen LogP contribution in [0.3, 0.4) is 0 Å². The summed E-state index contributed by atoms with van der Waals surface area (Å²) in [5.74, 6) is 0. The molecule has 0 amide bonds. The summed E-state index contributed by atoms with van der Waals surface area (Å²) in [7, 11) is -10.3. The van der Waals surface area contributed by atoms with E-state index in [0.29, 0.717) is 6.07 Å². The molecule has 118 valence electrons. The second-order valence-electron chi connectivity index (χ2n) is 4.19. The number of hydrogen-bond donors (Lipinski definition) is 1. The lowest BCUT2D eigenvalue weighted by molar-refractivity contribution is -0.141. The van der Waals surface area contributed by atoms with Gasteiger partial charge < -0.3 is 4.98 Å². The molecule has 2 aromatic rings. The van der Waals surface area contributed by atoms with Gasteiger partial charge in [0, 0.05) is 11.5 Å². The van der Waals surface area contributed by atoms with E-state index in [1.54, 1.807) is 0 Å². The van der Waals surface area contributed by atoms with Crippen LogP contribution >= 0.6 is 10.2 Å². The second kappa shape index (κ2) is 3.51. The molecule has 0 bridgehead atoms. The first kappa shape index (κ1) is 15.6. The van der Waals surface area contributed by atoms with Crippen molar-refractivity contribution in [1.82, 2.24) is 4.98 Å². The van der Waals surface area contributed by atoms with E-state index in [4.69, 9.17) is 0 Å². The molecule has 1 heterocycles. The second-order valence-corrected chi connectivity index (χ2v) is 6.57. The van der Waals surface area contributed by atoms with E-state index >= 15 is 0 Å². The summed E-state index contributed by atoms with van der Waals surface area (Å²) < 4.78 is 102. The minimum atomic E-state index is -10.3. The number of para-hydroxylation sites is 1. The van der Waals surface area contributed by atoms with E-state index in [-0.39, 0.29) is 12.1 Å². The molecule has 11 heteroatoms. The monoisotopic (exact) mass is 339 g/mol. The number of aromatic nitrogens is 1. The van der Waals surface area contributed by atoms with Crippen LogP contribution in [0.4, 0.5) is 32.6 Å². The largest absolute Gasteiger partial charge is 0.431 e. The number of aromatic amines is 1. The summed E-state index contributed by atoms with van der Waals surface area (Å²) in [5.41, 5.74) is -4.87. The molecule has 0 fully saturated rings. The average Bonchev–Trinajstić information content (AvgIpc) is 2.23. The summed E-state index contributed by atoms with van der Waals surface area (Å²) in [6.07, 6.45) is -5.18. The Balaban J connectivity index is 3.01. The summed E-state index contributed by atoms with van der Waals surface area (Å²) in [5, 5.41) is -0.909. The zero-order valence-corrected chi connectivity index (χ0v) is 10.5. The minimum absolute atomic E-state index is 0.0114. The molecule has 0 atom stereocenters. The van der Waals surface area contributed by atoms with Gasteiger partial charge in [-0.25, -0.2) is 0 Å². The van der Waals surface area contributed by atoms with Gasteiger partial charge in [0.15, 0.2) is 5.43 Å². The van der Waals surface area contributed by atoms with Gasteiger partial charge in [-0.15, -0.1) is 0 Å². The Hall–Kier alpha value is -1.78. The molecule has 0 radical (unpaired) electrons. The van der Waals surface area contributed by atoms with E-state index in [9.17, 15) is 37.4 Å². The van der Waals surface area contributed by atoms with Crippen LogP contribution < -0.4 is 5.43 Å². The number of halogens is 8. The fraction of sp³-hybridized carbons (Fsp3) is 0.100. The Labute approximate surface area is 111 Å². The number of hydrogen-bond acceptors (Lipinski definition) is 1. The number of fused-ring (bicyclic) bond motifs is 1. The molecule has 0 aliphatic heterocycles. The van der Waals surface area contributed by atoms with Crippen LogP contribution in [0.5, 0.6) is 0 Å². The van der Waals surface area contributed by atoms with Crippen molar-refractivity contribution in [2.75, 3.05) is 0 Å². The molecule has 0 unspecified atom stereocenters. The van der Waals surface area contributed by atoms with Crippen LogP contribution in [-0.2, 0) is 6.18 Å². The summed E-state index contributed by atoms with van der Waals surface area (Å²) in [6.45, 7) is 0. The fourth-order valence-corrected chi connectivity index (χ4v) is 2.60. The number of H-pyrrole nitrogens is 1. The Kier molecular flexibility index (Phi) is 2.61. The third-order valence-corrected chi connectivity index (χ3v) is 3.72. The summed E-state index contributed by atoms with van der Waals surface area (Å²) in [6, 6.07) is 1.19. The minimum Gasteiger partial charge on any atom is -0.350 e. The lowest BCUT2D eigenvalue weighted by Crippen LogP contribution is -2.16. The van der Waals surface area contributed by atoms with Gasteiger partial charge in [-0.1, -0.05) is 25.5 Å². The first-order chi connectivity index (χ1) is 9.09. The maximum atomic E-state index is 12.8. The number of alkyl halides is 3. The first-order valence-corrected chi connectivity index (χ1v) is 7.02. The zero-order valence-electron chi connectivity index (χ0n) is 9.65. The van der Waals surface area contributed by atoms with E-state index in [2.05, 4.69) is 0 Å². The van der Waals surface area contributed by atoms with Crippen molar-refractivity contribution < 1.29 is 32.6 Å². The van der Waals surface area contributed by atoms with Crippen LogP contribution in [-0.4, -0.2) is 4.98 Å². The highest BCUT2D eigenvalue weighted by Crippen LogP contribution is 3.02. The van der Waals surface area contributed by atoms with Crippen molar-refractivity contribution in [2.45, 2.75) is 11.1 Å². The quantitative estimate of drug-likeness (QED) is 0.711. The van der Waals surface area contributed by atoms with Crippen molar-refractivity contribution in [3.63, 3.8) is 0 Å². The Morgan fingerprint density at radius 2 is 1.57 bits per heavy atom.